The highest BCUT2D eigenvalue weighted by atomic mass is 16.6. The van der Waals surface area contributed by atoms with Crippen LogP contribution in [0.25, 0.3) is 6.08 Å². The number of amides is 4. The number of carbonyl (C=O) groups excluding carboxylic acids is 4. The Morgan fingerprint density at radius 2 is 1.77 bits per heavy atom. The minimum absolute atomic E-state index is 0.0564. The number of nitrogens with zero attached hydrogens (tertiary/aromatic N) is 1. The Labute approximate surface area is 237 Å². The number of rotatable bonds is 12. The van der Waals surface area contributed by atoms with Gasteiger partial charge in [0.2, 0.25) is 11.8 Å². The second kappa shape index (κ2) is 14.3. The average Bonchev–Trinajstić information content (AvgIpc) is 2.88. The van der Waals surface area contributed by atoms with Crippen molar-refractivity contribution in [3.8, 4) is 0 Å². The minimum atomic E-state index is -1.16. The molecule has 2 rings (SSSR count). The van der Waals surface area contributed by atoms with Crippen LogP contribution in [0.2, 0.25) is 0 Å². The second-order valence-corrected chi connectivity index (χ2v) is 10.8. The smallest absolute Gasteiger partial charge is 0.408 e. The SMILES string of the molecule is C=Cc1cccc(C(C(=O)Nc2ccccc2C)N(C(=O)C(CCC(N)=O)NC(=O)OC(C)(C)C)C(C)CC)c1. The van der Waals surface area contributed by atoms with Crippen molar-refractivity contribution in [3.05, 3.63) is 71.8 Å². The largest absolute Gasteiger partial charge is 0.444 e. The zero-order valence-corrected chi connectivity index (χ0v) is 24.3. The number of hydrogen-bond donors (Lipinski definition) is 3. The van der Waals surface area contributed by atoms with E-state index in [1.165, 1.54) is 4.90 Å². The molecule has 216 valence electrons. The molecule has 0 radical (unpaired) electrons. The number of para-hydroxylation sites is 1. The first-order chi connectivity index (χ1) is 18.8. The van der Waals surface area contributed by atoms with E-state index >= 15 is 0 Å². The first-order valence-electron chi connectivity index (χ1n) is 13.5. The maximum Gasteiger partial charge on any atom is 0.408 e. The van der Waals surface area contributed by atoms with Gasteiger partial charge in [-0.15, -0.1) is 0 Å². The summed E-state index contributed by atoms with van der Waals surface area (Å²) < 4.78 is 5.38. The van der Waals surface area contributed by atoms with Crippen molar-refractivity contribution in [2.24, 2.45) is 5.73 Å². The van der Waals surface area contributed by atoms with E-state index in [4.69, 9.17) is 10.5 Å². The molecule has 0 saturated carbocycles. The summed E-state index contributed by atoms with van der Waals surface area (Å²) in [5.74, 6) is -1.57. The molecule has 2 aromatic rings. The standard InChI is InChI=1S/C31H42N4O5/c1-8-21(4)35(29(38)25(17-18-26(32)36)34-30(39)40-31(5,6)7)27(23-15-12-14-22(9-2)19-23)28(37)33-24-16-11-10-13-20(24)3/h9-16,19,21,25,27H,2,8,17-18H2,1,3-7H3,(H2,32,36)(H,33,37)(H,34,39). The number of alkyl carbamates (subject to hydrolysis) is 1. The fourth-order valence-corrected chi connectivity index (χ4v) is 4.18. The molecular weight excluding hydrogens is 508 g/mol. The van der Waals surface area contributed by atoms with Crippen molar-refractivity contribution in [1.82, 2.24) is 10.2 Å². The van der Waals surface area contributed by atoms with Crippen molar-refractivity contribution in [2.75, 3.05) is 5.32 Å². The molecule has 0 aliphatic rings. The van der Waals surface area contributed by atoms with E-state index in [1.54, 1.807) is 51.1 Å². The molecule has 2 aromatic carbocycles. The third kappa shape index (κ3) is 9.25. The molecular formula is C31H42N4O5. The van der Waals surface area contributed by atoms with E-state index in [9.17, 15) is 19.2 Å². The first kappa shape index (κ1) is 32.1. The molecule has 40 heavy (non-hydrogen) atoms. The number of hydrogen-bond acceptors (Lipinski definition) is 5. The van der Waals surface area contributed by atoms with E-state index in [0.29, 0.717) is 17.7 Å². The van der Waals surface area contributed by atoms with E-state index in [-0.39, 0.29) is 12.8 Å². The Bertz CT molecular complexity index is 1220. The molecule has 0 fully saturated rings. The topological polar surface area (TPSA) is 131 Å². The van der Waals surface area contributed by atoms with Gasteiger partial charge in [0.15, 0.2) is 0 Å². The molecule has 3 unspecified atom stereocenters. The summed E-state index contributed by atoms with van der Waals surface area (Å²) in [6, 6.07) is 12.0. The van der Waals surface area contributed by atoms with Crippen LogP contribution in [-0.2, 0) is 19.1 Å². The van der Waals surface area contributed by atoms with Gasteiger partial charge in [-0.05, 0) is 76.3 Å². The zero-order valence-electron chi connectivity index (χ0n) is 24.3. The predicted octanol–water partition coefficient (Wildman–Crippen LogP) is 5.10. The number of carbonyl (C=O) groups is 4. The van der Waals surface area contributed by atoms with Crippen molar-refractivity contribution in [1.29, 1.82) is 0 Å². The minimum Gasteiger partial charge on any atom is -0.444 e. The Morgan fingerprint density at radius 1 is 1.10 bits per heavy atom. The first-order valence-corrected chi connectivity index (χ1v) is 13.5. The normalized spacial score (nSPS) is 13.3. The van der Waals surface area contributed by atoms with Crippen molar-refractivity contribution in [3.63, 3.8) is 0 Å². The molecule has 0 bridgehead atoms. The third-order valence-corrected chi connectivity index (χ3v) is 6.38. The monoisotopic (exact) mass is 550 g/mol. The van der Waals surface area contributed by atoms with Gasteiger partial charge in [-0.25, -0.2) is 4.79 Å². The van der Waals surface area contributed by atoms with Crippen LogP contribution in [0.3, 0.4) is 0 Å². The van der Waals surface area contributed by atoms with E-state index in [1.807, 2.05) is 45.0 Å². The lowest BCUT2D eigenvalue weighted by molar-refractivity contribution is -0.143. The summed E-state index contributed by atoms with van der Waals surface area (Å²) in [5, 5.41) is 5.58. The van der Waals surface area contributed by atoms with E-state index in [0.717, 1.165) is 11.1 Å². The van der Waals surface area contributed by atoms with E-state index in [2.05, 4.69) is 17.2 Å². The van der Waals surface area contributed by atoms with Crippen molar-refractivity contribution >= 4 is 35.6 Å². The zero-order chi connectivity index (χ0) is 30.0. The summed E-state index contributed by atoms with van der Waals surface area (Å²) in [6.07, 6.45) is 1.17. The molecule has 0 aliphatic carbocycles. The summed E-state index contributed by atoms with van der Waals surface area (Å²) in [4.78, 5) is 54.1. The molecule has 0 spiro atoms. The Balaban J connectivity index is 2.62. The van der Waals surface area contributed by atoms with E-state index < -0.39 is 47.5 Å². The second-order valence-electron chi connectivity index (χ2n) is 10.8. The van der Waals surface area contributed by atoms with Crippen LogP contribution in [-0.4, -0.2) is 46.4 Å². The van der Waals surface area contributed by atoms with Crippen LogP contribution < -0.4 is 16.4 Å². The van der Waals surface area contributed by atoms with Crippen LogP contribution in [0.15, 0.2) is 55.1 Å². The summed E-state index contributed by atoms with van der Waals surface area (Å²) in [5.41, 5.74) is 7.41. The number of anilines is 1. The van der Waals surface area contributed by atoms with Crippen LogP contribution in [0.4, 0.5) is 10.5 Å². The molecule has 4 N–H and O–H groups in total. The maximum absolute atomic E-state index is 14.3. The van der Waals surface area contributed by atoms with Gasteiger partial charge in [0.25, 0.3) is 5.91 Å². The number of aryl methyl sites for hydroxylation is 1. The molecule has 0 aliphatic heterocycles. The van der Waals surface area contributed by atoms with Gasteiger partial charge in [-0.3, -0.25) is 14.4 Å². The average molecular weight is 551 g/mol. The van der Waals surface area contributed by atoms with Crippen LogP contribution >= 0.6 is 0 Å². The summed E-state index contributed by atoms with van der Waals surface area (Å²) in [6.45, 7) is 14.6. The summed E-state index contributed by atoms with van der Waals surface area (Å²) in [7, 11) is 0. The number of benzene rings is 2. The van der Waals surface area contributed by atoms with Crippen LogP contribution in [0.5, 0.6) is 0 Å². The number of nitrogens with two attached hydrogens (primary N) is 1. The lowest BCUT2D eigenvalue weighted by Crippen LogP contribution is -2.55. The van der Waals surface area contributed by atoms with Crippen molar-refractivity contribution in [2.45, 2.75) is 84.5 Å². The van der Waals surface area contributed by atoms with Gasteiger partial charge in [0, 0.05) is 18.2 Å². The molecule has 4 amide bonds. The summed E-state index contributed by atoms with van der Waals surface area (Å²) >= 11 is 0. The van der Waals surface area contributed by atoms with Crippen LogP contribution in [0.1, 0.15) is 76.6 Å². The Hall–Kier alpha value is -4.14. The highest BCUT2D eigenvalue weighted by Crippen LogP contribution is 2.29. The molecule has 0 heterocycles. The van der Waals surface area contributed by atoms with Gasteiger partial charge in [0.05, 0.1) is 0 Å². The van der Waals surface area contributed by atoms with Gasteiger partial charge >= 0.3 is 6.09 Å². The Kier molecular flexibility index (Phi) is 11.5. The van der Waals surface area contributed by atoms with Gasteiger partial charge < -0.3 is 26.0 Å². The van der Waals surface area contributed by atoms with Gasteiger partial charge in [-0.2, -0.15) is 0 Å². The van der Waals surface area contributed by atoms with Crippen LogP contribution in [0, 0.1) is 6.92 Å². The number of ether oxygens (including phenoxy) is 1. The molecule has 9 heteroatoms. The highest BCUT2D eigenvalue weighted by molar-refractivity contribution is 5.99. The third-order valence-electron chi connectivity index (χ3n) is 6.38. The fourth-order valence-electron chi connectivity index (χ4n) is 4.18. The molecule has 3 atom stereocenters. The lowest BCUT2D eigenvalue weighted by Gasteiger charge is -2.38. The molecule has 9 nitrogen and oxygen atoms in total. The number of primary amides is 1. The maximum atomic E-state index is 14.3. The highest BCUT2D eigenvalue weighted by Gasteiger charge is 2.38. The number of nitrogens with one attached hydrogen (secondary N) is 2. The van der Waals surface area contributed by atoms with Crippen molar-refractivity contribution < 1.29 is 23.9 Å². The quantitative estimate of drug-likeness (QED) is 0.338. The molecule has 0 saturated heterocycles. The lowest BCUT2D eigenvalue weighted by atomic mass is 9.97. The molecule has 0 aromatic heterocycles. The fraction of sp³-hybridized carbons (Fsp3) is 0.419. The predicted molar refractivity (Wildman–Crippen MR) is 157 cm³/mol. The van der Waals surface area contributed by atoms with Gasteiger partial charge in [-0.1, -0.05) is 56.0 Å². The Morgan fingerprint density at radius 3 is 2.35 bits per heavy atom. The van der Waals surface area contributed by atoms with Gasteiger partial charge in [0.1, 0.15) is 17.7 Å².